The van der Waals surface area contributed by atoms with Gasteiger partial charge in [-0.1, -0.05) is 18.2 Å². The van der Waals surface area contributed by atoms with E-state index in [9.17, 15) is 0 Å². The maximum atomic E-state index is 5.43. The van der Waals surface area contributed by atoms with Crippen LogP contribution in [0.3, 0.4) is 0 Å². The lowest BCUT2D eigenvalue weighted by Crippen LogP contribution is -2.18. The summed E-state index contributed by atoms with van der Waals surface area (Å²) in [4.78, 5) is 4.14. The second-order valence-corrected chi connectivity index (χ2v) is 4.47. The van der Waals surface area contributed by atoms with Crippen LogP contribution in [-0.2, 0) is 6.54 Å². The number of nitrogens with one attached hydrogen (secondary N) is 1. The van der Waals surface area contributed by atoms with Crippen molar-refractivity contribution in [2.45, 2.75) is 26.4 Å². The summed E-state index contributed by atoms with van der Waals surface area (Å²) < 4.78 is 5.43. The van der Waals surface area contributed by atoms with Gasteiger partial charge >= 0.3 is 0 Å². The molecule has 0 amide bonds. The average molecular weight is 256 g/mol. The molecule has 0 saturated heterocycles. The predicted octanol–water partition coefficient (Wildman–Crippen LogP) is 3.33. The maximum Gasteiger partial charge on any atom is 0.119 e. The average Bonchev–Trinajstić information content (AvgIpc) is 2.47. The molecule has 1 atom stereocenters. The molecular weight excluding hydrogens is 236 g/mol. The molecule has 0 radical (unpaired) electrons. The molecule has 19 heavy (non-hydrogen) atoms. The number of hydrogen-bond donors (Lipinski definition) is 1. The minimum Gasteiger partial charge on any atom is -0.494 e. The van der Waals surface area contributed by atoms with E-state index in [2.05, 4.69) is 35.4 Å². The van der Waals surface area contributed by atoms with Crippen molar-refractivity contribution >= 4 is 0 Å². The van der Waals surface area contributed by atoms with E-state index in [0.29, 0.717) is 12.6 Å². The van der Waals surface area contributed by atoms with Gasteiger partial charge in [0.25, 0.3) is 0 Å². The van der Waals surface area contributed by atoms with Crippen LogP contribution in [0.1, 0.15) is 31.0 Å². The van der Waals surface area contributed by atoms with Gasteiger partial charge in [-0.3, -0.25) is 4.98 Å². The Balaban J connectivity index is 1.88. The van der Waals surface area contributed by atoms with Crippen molar-refractivity contribution in [2.75, 3.05) is 6.61 Å². The first-order chi connectivity index (χ1) is 9.29. The van der Waals surface area contributed by atoms with Crippen molar-refractivity contribution in [1.29, 1.82) is 0 Å². The minimum absolute atomic E-state index is 0.292. The fourth-order valence-electron chi connectivity index (χ4n) is 1.89. The van der Waals surface area contributed by atoms with Gasteiger partial charge in [0, 0.05) is 25.0 Å². The Morgan fingerprint density at radius 3 is 2.63 bits per heavy atom. The molecule has 0 bridgehead atoms. The molecule has 1 heterocycles. The Hall–Kier alpha value is -1.87. The van der Waals surface area contributed by atoms with E-state index in [-0.39, 0.29) is 0 Å². The Morgan fingerprint density at radius 1 is 1.21 bits per heavy atom. The Morgan fingerprint density at radius 2 is 2.00 bits per heavy atom. The number of nitrogens with zero attached hydrogens (tertiary/aromatic N) is 1. The van der Waals surface area contributed by atoms with Gasteiger partial charge in [0.1, 0.15) is 5.75 Å². The molecule has 3 heteroatoms. The van der Waals surface area contributed by atoms with Gasteiger partial charge in [0.15, 0.2) is 0 Å². The highest BCUT2D eigenvalue weighted by molar-refractivity contribution is 5.27. The summed E-state index contributed by atoms with van der Waals surface area (Å²) in [7, 11) is 0. The summed E-state index contributed by atoms with van der Waals surface area (Å²) >= 11 is 0. The van der Waals surface area contributed by atoms with Crippen molar-refractivity contribution in [3.05, 3.63) is 59.9 Å². The Labute approximate surface area is 114 Å². The predicted molar refractivity (Wildman–Crippen MR) is 77.1 cm³/mol. The van der Waals surface area contributed by atoms with Crippen LogP contribution in [0.2, 0.25) is 0 Å². The number of pyridine rings is 1. The van der Waals surface area contributed by atoms with Crippen molar-refractivity contribution in [3.63, 3.8) is 0 Å². The van der Waals surface area contributed by atoms with E-state index in [1.165, 1.54) is 11.1 Å². The van der Waals surface area contributed by atoms with Gasteiger partial charge in [0.05, 0.1) is 6.61 Å². The molecule has 0 spiro atoms. The van der Waals surface area contributed by atoms with Crippen molar-refractivity contribution in [1.82, 2.24) is 10.3 Å². The van der Waals surface area contributed by atoms with E-state index >= 15 is 0 Å². The Kier molecular flexibility index (Phi) is 4.93. The molecule has 0 aliphatic carbocycles. The molecule has 2 aromatic rings. The molecule has 1 aromatic carbocycles. The van der Waals surface area contributed by atoms with E-state index in [1.807, 2.05) is 31.3 Å². The molecule has 0 aliphatic rings. The standard InChI is InChI=1S/C16H20N2O/c1-3-19-16-8-6-14(7-9-16)11-18-13(2)15-5-4-10-17-12-15/h4-10,12-13,18H,3,11H2,1-2H3/t13-/m1/s1. The molecule has 1 aromatic heterocycles. The lowest BCUT2D eigenvalue weighted by Gasteiger charge is -2.14. The summed E-state index contributed by atoms with van der Waals surface area (Å²) in [5.74, 6) is 0.923. The third-order valence-corrected chi connectivity index (χ3v) is 3.03. The van der Waals surface area contributed by atoms with Crippen LogP contribution in [0.25, 0.3) is 0 Å². The lowest BCUT2D eigenvalue weighted by molar-refractivity contribution is 0.340. The highest BCUT2D eigenvalue weighted by Crippen LogP contribution is 2.14. The SMILES string of the molecule is CCOc1ccc(CN[C@H](C)c2cccnc2)cc1. The summed E-state index contributed by atoms with van der Waals surface area (Å²) in [6, 6.07) is 12.5. The van der Waals surface area contributed by atoms with Crippen molar-refractivity contribution in [3.8, 4) is 5.75 Å². The van der Waals surface area contributed by atoms with Crippen LogP contribution in [0.4, 0.5) is 0 Å². The second-order valence-electron chi connectivity index (χ2n) is 4.47. The molecule has 2 rings (SSSR count). The van der Waals surface area contributed by atoms with Crippen molar-refractivity contribution in [2.24, 2.45) is 0 Å². The van der Waals surface area contributed by atoms with Gasteiger partial charge in [0.2, 0.25) is 0 Å². The number of hydrogen-bond acceptors (Lipinski definition) is 3. The molecule has 0 unspecified atom stereocenters. The minimum atomic E-state index is 0.292. The molecule has 3 nitrogen and oxygen atoms in total. The van der Waals surface area contributed by atoms with Gasteiger partial charge in [-0.25, -0.2) is 0 Å². The molecule has 0 fully saturated rings. The monoisotopic (exact) mass is 256 g/mol. The van der Waals surface area contributed by atoms with Crippen LogP contribution in [-0.4, -0.2) is 11.6 Å². The molecule has 100 valence electrons. The molecular formula is C16H20N2O. The number of benzene rings is 1. The van der Waals surface area contributed by atoms with Crippen LogP contribution < -0.4 is 10.1 Å². The number of rotatable bonds is 6. The maximum absolute atomic E-state index is 5.43. The summed E-state index contributed by atoms with van der Waals surface area (Å²) in [6.45, 7) is 5.68. The summed E-state index contributed by atoms with van der Waals surface area (Å²) in [6.07, 6.45) is 3.69. The van der Waals surface area contributed by atoms with Crippen LogP contribution in [0.15, 0.2) is 48.8 Å². The summed E-state index contributed by atoms with van der Waals surface area (Å²) in [5, 5.41) is 3.49. The van der Waals surface area contributed by atoms with E-state index in [4.69, 9.17) is 4.74 Å². The fraction of sp³-hybridized carbons (Fsp3) is 0.312. The van der Waals surface area contributed by atoms with Gasteiger partial charge < -0.3 is 10.1 Å². The van der Waals surface area contributed by atoms with Crippen LogP contribution in [0.5, 0.6) is 5.75 Å². The first kappa shape index (κ1) is 13.6. The van der Waals surface area contributed by atoms with E-state index in [1.54, 1.807) is 6.20 Å². The second kappa shape index (κ2) is 6.90. The van der Waals surface area contributed by atoms with Crippen molar-refractivity contribution < 1.29 is 4.74 Å². The lowest BCUT2D eigenvalue weighted by atomic mass is 10.1. The topological polar surface area (TPSA) is 34.1 Å². The van der Waals surface area contributed by atoms with Crippen LogP contribution >= 0.6 is 0 Å². The smallest absolute Gasteiger partial charge is 0.119 e. The fourth-order valence-corrected chi connectivity index (χ4v) is 1.89. The third kappa shape index (κ3) is 4.07. The Bertz CT molecular complexity index is 482. The first-order valence-electron chi connectivity index (χ1n) is 6.64. The van der Waals surface area contributed by atoms with Gasteiger partial charge in [-0.2, -0.15) is 0 Å². The summed E-state index contributed by atoms with van der Waals surface area (Å²) in [5.41, 5.74) is 2.45. The molecule has 0 aliphatic heterocycles. The quantitative estimate of drug-likeness (QED) is 0.860. The highest BCUT2D eigenvalue weighted by atomic mass is 16.5. The third-order valence-electron chi connectivity index (χ3n) is 3.03. The molecule has 0 saturated carbocycles. The van der Waals surface area contributed by atoms with E-state index in [0.717, 1.165) is 12.3 Å². The number of ether oxygens (including phenoxy) is 1. The van der Waals surface area contributed by atoms with Gasteiger partial charge in [-0.05, 0) is 43.2 Å². The largest absolute Gasteiger partial charge is 0.494 e. The van der Waals surface area contributed by atoms with Gasteiger partial charge in [-0.15, -0.1) is 0 Å². The zero-order valence-corrected chi connectivity index (χ0v) is 11.5. The number of aromatic nitrogens is 1. The zero-order chi connectivity index (χ0) is 13.5. The molecule has 1 N–H and O–H groups in total. The highest BCUT2D eigenvalue weighted by Gasteiger charge is 2.04. The van der Waals surface area contributed by atoms with Crippen LogP contribution in [0, 0.1) is 0 Å². The van der Waals surface area contributed by atoms with E-state index < -0.39 is 0 Å². The first-order valence-corrected chi connectivity index (χ1v) is 6.64. The normalized spacial score (nSPS) is 12.1. The zero-order valence-electron chi connectivity index (χ0n) is 11.5.